The second kappa shape index (κ2) is 14.1. The van der Waals surface area contributed by atoms with E-state index in [0.717, 1.165) is 32.5 Å². The van der Waals surface area contributed by atoms with Crippen molar-refractivity contribution >= 4 is 11.8 Å². The number of Topliss-reactive ketones (excluding diaryl/α,β-unsaturated/α-hetero) is 1. The highest BCUT2D eigenvalue weighted by Gasteiger charge is 2.51. The quantitative estimate of drug-likeness (QED) is 0.370. The summed E-state index contributed by atoms with van der Waals surface area (Å²) in [6.07, 6.45) is 0.513. The lowest BCUT2D eigenvalue weighted by atomic mass is 9.74. The zero-order valence-electron chi connectivity index (χ0n) is 27.1. The predicted molar refractivity (Wildman–Crippen MR) is 157 cm³/mol. The first kappa shape index (κ1) is 34.4. The second-order valence-electron chi connectivity index (χ2n) is 13.9. The molecule has 2 N–H and O–H groups in total. The van der Waals surface area contributed by atoms with Crippen molar-refractivity contribution in [1.82, 2.24) is 15.1 Å². The number of ketones is 1. The summed E-state index contributed by atoms with van der Waals surface area (Å²) in [6.45, 7) is 14.1. The molecule has 0 aromatic carbocycles. The van der Waals surface area contributed by atoms with E-state index in [9.17, 15) is 14.7 Å². The number of hydrogen-bond donors (Lipinski definition) is 2. The fraction of sp³-hybridized carbons (Fsp3) is 0.935. The molecule has 0 spiro atoms. The topological polar surface area (TPSA) is 110 Å². The highest BCUT2D eigenvalue weighted by Crippen LogP contribution is 2.38. The molecule has 3 fully saturated rings. The fourth-order valence-corrected chi connectivity index (χ4v) is 7.29. The first-order valence-electron chi connectivity index (χ1n) is 15.4. The Kier molecular flexibility index (Phi) is 11.8. The number of hydrogen-bond acceptors (Lipinski definition) is 10. The summed E-state index contributed by atoms with van der Waals surface area (Å²) in [6, 6.07) is -0.104. The summed E-state index contributed by atoms with van der Waals surface area (Å²) < 4.78 is 24.9. The van der Waals surface area contributed by atoms with Crippen LogP contribution in [-0.2, 0) is 28.5 Å². The number of rotatable bonds is 5. The van der Waals surface area contributed by atoms with Crippen LogP contribution < -0.4 is 5.32 Å². The van der Waals surface area contributed by atoms with Gasteiger partial charge in [0.2, 0.25) is 0 Å². The van der Waals surface area contributed by atoms with E-state index in [2.05, 4.69) is 24.2 Å². The molecule has 41 heavy (non-hydrogen) atoms. The van der Waals surface area contributed by atoms with Gasteiger partial charge in [0.15, 0.2) is 12.1 Å². The summed E-state index contributed by atoms with van der Waals surface area (Å²) in [5, 5.41) is 14.7. The number of esters is 1. The fourth-order valence-electron chi connectivity index (χ4n) is 7.29. The number of likely N-dealkylation sites (N-methyl/N-ethyl adjacent to an activating group) is 2. The van der Waals surface area contributed by atoms with Gasteiger partial charge in [-0.2, -0.15) is 0 Å². The summed E-state index contributed by atoms with van der Waals surface area (Å²) in [5.41, 5.74) is -2.29. The first-order chi connectivity index (χ1) is 19.1. The Balaban J connectivity index is 1.99. The molecule has 0 aromatic rings. The SMILES string of the molecule is CO[C@]1(C)C[C@@H](C)CN(C)[C@H](C2CCNCC2)COC(=O)C(C)(C)C(=O)[C@H](C)[C@H]1O[C@@H]1O[C@H](C)C[C@H](N(C)C)[C@H]1O. The van der Waals surface area contributed by atoms with Gasteiger partial charge in [0.05, 0.1) is 17.8 Å². The number of piperidine rings is 1. The third-order valence-corrected chi connectivity index (χ3v) is 9.85. The molecule has 3 aliphatic heterocycles. The molecule has 10 heteroatoms. The molecule has 9 atom stereocenters. The van der Waals surface area contributed by atoms with E-state index >= 15 is 0 Å². The largest absolute Gasteiger partial charge is 0.463 e. The monoisotopic (exact) mass is 583 g/mol. The van der Waals surface area contributed by atoms with Crippen molar-refractivity contribution in [1.29, 1.82) is 0 Å². The van der Waals surface area contributed by atoms with Crippen molar-refractivity contribution in [2.45, 2.75) is 110 Å². The van der Waals surface area contributed by atoms with Gasteiger partial charge in [0.1, 0.15) is 18.1 Å². The number of nitrogens with one attached hydrogen (secondary N) is 1. The molecule has 238 valence electrons. The third kappa shape index (κ3) is 7.88. The Bertz CT molecular complexity index is 880. The summed E-state index contributed by atoms with van der Waals surface area (Å²) >= 11 is 0. The van der Waals surface area contributed by atoms with E-state index in [4.69, 9.17) is 18.9 Å². The molecule has 3 aliphatic rings. The molecule has 0 unspecified atom stereocenters. The van der Waals surface area contributed by atoms with Gasteiger partial charge in [0.25, 0.3) is 0 Å². The number of carbonyl (C=O) groups excluding carboxylic acids is 2. The molecular weight excluding hydrogens is 526 g/mol. The van der Waals surface area contributed by atoms with Gasteiger partial charge in [-0.25, -0.2) is 0 Å². The second-order valence-corrected chi connectivity index (χ2v) is 13.9. The van der Waals surface area contributed by atoms with Crippen LogP contribution in [0.2, 0.25) is 0 Å². The van der Waals surface area contributed by atoms with Crippen LogP contribution in [0.5, 0.6) is 0 Å². The number of carbonyl (C=O) groups is 2. The highest BCUT2D eigenvalue weighted by atomic mass is 16.7. The van der Waals surface area contributed by atoms with Crippen molar-refractivity contribution < 1.29 is 33.6 Å². The standard InChI is InChI=1S/C31H57N3O7/c1-19-16-31(6,38-10)27(41-28-25(35)23(33(7)8)15-20(2)40-28)21(3)26(36)30(4,5)29(37)39-18-24(34(9)17-19)22-11-13-32-14-12-22/h19-25,27-28,32,35H,11-18H2,1-10H3/t19-,20-,21+,23+,24+,25-,27-,28+,31-/m1/s1. The Hall–Kier alpha value is -1.14. The number of methoxy groups -OCH3 is 1. The number of ether oxygens (including phenoxy) is 4. The lowest BCUT2D eigenvalue weighted by molar-refractivity contribution is -0.295. The minimum Gasteiger partial charge on any atom is -0.463 e. The highest BCUT2D eigenvalue weighted by molar-refractivity contribution is 6.04. The Morgan fingerprint density at radius 3 is 2.32 bits per heavy atom. The first-order valence-corrected chi connectivity index (χ1v) is 15.4. The van der Waals surface area contributed by atoms with Gasteiger partial charge in [-0.3, -0.25) is 14.5 Å². The van der Waals surface area contributed by atoms with E-state index in [1.54, 1.807) is 27.9 Å². The van der Waals surface area contributed by atoms with Crippen LogP contribution >= 0.6 is 0 Å². The number of cyclic esters (lactones) is 1. The lowest BCUT2D eigenvalue weighted by Gasteiger charge is -2.47. The van der Waals surface area contributed by atoms with Gasteiger partial charge in [-0.15, -0.1) is 0 Å². The maximum absolute atomic E-state index is 14.1. The molecule has 0 bridgehead atoms. The van der Waals surface area contributed by atoms with Crippen molar-refractivity contribution in [3.05, 3.63) is 0 Å². The number of nitrogens with zero attached hydrogens (tertiary/aromatic N) is 2. The molecular formula is C31H57N3O7. The van der Waals surface area contributed by atoms with Crippen molar-refractivity contribution in [2.24, 2.45) is 23.2 Å². The van der Waals surface area contributed by atoms with Crippen molar-refractivity contribution in [3.8, 4) is 0 Å². The summed E-state index contributed by atoms with van der Waals surface area (Å²) in [4.78, 5) is 31.9. The van der Waals surface area contributed by atoms with Crippen LogP contribution in [0.15, 0.2) is 0 Å². The number of aliphatic hydroxyl groups excluding tert-OH is 1. The van der Waals surface area contributed by atoms with Gasteiger partial charge in [-0.05, 0) is 99.4 Å². The normalized spacial score (nSPS) is 40.9. The molecule has 0 aliphatic carbocycles. The van der Waals surface area contributed by atoms with E-state index in [1.165, 1.54) is 0 Å². The lowest BCUT2D eigenvalue weighted by Crippen LogP contribution is -2.59. The van der Waals surface area contributed by atoms with E-state index in [0.29, 0.717) is 18.8 Å². The third-order valence-electron chi connectivity index (χ3n) is 9.85. The maximum Gasteiger partial charge on any atom is 0.319 e. The molecule has 3 heterocycles. The van der Waals surface area contributed by atoms with Crippen LogP contribution in [-0.4, -0.2) is 123 Å². The van der Waals surface area contributed by atoms with Crippen molar-refractivity contribution in [2.75, 3.05) is 54.5 Å². The smallest absolute Gasteiger partial charge is 0.319 e. The molecule has 0 radical (unpaired) electrons. The van der Waals surface area contributed by atoms with Crippen LogP contribution in [0, 0.1) is 23.2 Å². The predicted octanol–water partition coefficient (Wildman–Crippen LogP) is 2.32. The number of aliphatic hydroxyl groups is 1. The van der Waals surface area contributed by atoms with Gasteiger partial charge in [0, 0.05) is 31.7 Å². The van der Waals surface area contributed by atoms with Crippen LogP contribution in [0.1, 0.15) is 67.2 Å². The zero-order valence-corrected chi connectivity index (χ0v) is 27.1. The molecule has 0 amide bonds. The summed E-state index contributed by atoms with van der Waals surface area (Å²) in [5.74, 6) is -0.971. The maximum atomic E-state index is 14.1. The van der Waals surface area contributed by atoms with Crippen LogP contribution in [0.4, 0.5) is 0 Å². The summed E-state index contributed by atoms with van der Waals surface area (Å²) in [7, 11) is 7.60. The van der Waals surface area contributed by atoms with E-state index in [-0.39, 0.29) is 36.5 Å². The minimum atomic E-state index is -1.39. The molecule has 3 saturated heterocycles. The average molecular weight is 584 g/mol. The minimum absolute atomic E-state index is 0.0590. The van der Waals surface area contributed by atoms with Crippen LogP contribution in [0.25, 0.3) is 0 Å². The Morgan fingerprint density at radius 2 is 1.73 bits per heavy atom. The molecule has 0 aromatic heterocycles. The molecule has 10 nitrogen and oxygen atoms in total. The van der Waals surface area contributed by atoms with E-state index in [1.807, 2.05) is 32.8 Å². The van der Waals surface area contributed by atoms with Gasteiger partial charge in [-0.1, -0.05) is 13.8 Å². The molecule has 3 rings (SSSR count). The van der Waals surface area contributed by atoms with E-state index < -0.39 is 41.4 Å². The Morgan fingerprint density at radius 1 is 1.10 bits per heavy atom. The van der Waals surface area contributed by atoms with Gasteiger partial charge >= 0.3 is 5.97 Å². The van der Waals surface area contributed by atoms with Crippen molar-refractivity contribution in [3.63, 3.8) is 0 Å². The zero-order chi connectivity index (χ0) is 30.7. The molecule has 0 saturated carbocycles. The van der Waals surface area contributed by atoms with Crippen LogP contribution in [0.3, 0.4) is 0 Å². The van der Waals surface area contributed by atoms with Gasteiger partial charge < -0.3 is 34.3 Å². The average Bonchev–Trinajstić information content (AvgIpc) is 2.92. The Labute approximate surface area is 247 Å².